The number of azo groups is 1. The number of rotatable bonds is 4. The summed E-state index contributed by atoms with van der Waals surface area (Å²) in [6.45, 7) is 0. The van der Waals surface area contributed by atoms with E-state index in [1.807, 2.05) is 49.3 Å². The van der Waals surface area contributed by atoms with E-state index >= 15 is 0 Å². The lowest BCUT2D eigenvalue weighted by Crippen LogP contribution is -2.07. The molecular weight excluding hydrogens is 316 g/mol. The van der Waals surface area contributed by atoms with Crippen LogP contribution in [0, 0.1) is 0 Å². The van der Waals surface area contributed by atoms with E-state index in [4.69, 9.17) is 5.53 Å². The third-order valence-corrected chi connectivity index (χ3v) is 3.75. The fourth-order valence-corrected chi connectivity index (χ4v) is 2.42. The van der Waals surface area contributed by atoms with Gasteiger partial charge in [0.2, 0.25) is 0 Å². The van der Waals surface area contributed by atoms with Gasteiger partial charge in [-0.05, 0) is 47.3 Å². The zero-order chi connectivity index (χ0) is 17.8. The number of aromatic hydroxyl groups is 1. The predicted octanol–water partition coefficient (Wildman–Crippen LogP) is 5.97. The fraction of sp³-hybridized carbons (Fsp3) is 0.111. The van der Waals surface area contributed by atoms with Crippen LogP contribution in [0.3, 0.4) is 0 Å². The third-order valence-electron chi connectivity index (χ3n) is 3.75. The summed E-state index contributed by atoms with van der Waals surface area (Å²) < 4.78 is 0. The molecule has 0 saturated heterocycles. The Morgan fingerprint density at radius 3 is 2.28 bits per heavy atom. The second kappa shape index (κ2) is 6.90. The summed E-state index contributed by atoms with van der Waals surface area (Å²) in [6.07, 6.45) is 0. The molecule has 1 N–H and O–H groups in total. The zero-order valence-electron chi connectivity index (χ0n) is 13.8. The molecule has 0 aliphatic heterocycles. The molecule has 0 atom stereocenters. The second-order valence-corrected chi connectivity index (χ2v) is 5.64. The highest BCUT2D eigenvalue weighted by Crippen LogP contribution is 2.38. The van der Waals surface area contributed by atoms with E-state index in [-0.39, 0.29) is 5.75 Å². The van der Waals surface area contributed by atoms with Crippen LogP contribution >= 0.6 is 0 Å². The number of benzene rings is 3. The lowest BCUT2D eigenvalue weighted by atomic mass is 10.1. The normalized spacial score (nSPS) is 10.8. The fourth-order valence-electron chi connectivity index (χ4n) is 2.42. The maximum Gasteiger partial charge on any atom is 0.143 e. The van der Waals surface area contributed by atoms with Crippen LogP contribution in [0.25, 0.3) is 21.2 Å². The van der Waals surface area contributed by atoms with Crippen molar-refractivity contribution in [3.8, 4) is 5.75 Å². The number of fused-ring (bicyclic) bond motifs is 1. The average Bonchev–Trinajstić information content (AvgIpc) is 2.61. The van der Waals surface area contributed by atoms with Crippen molar-refractivity contribution in [2.24, 2.45) is 15.3 Å². The van der Waals surface area contributed by atoms with E-state index in [1.54, 1.807) is 24.3 Å². The molecule has 0 amide bonds. The minimum Gasteiger partial charge on any atom is -0.506 e. The predicted molar refractivity (Wildman–Crippen MR) is 99.4 cm³/mol. The Morgan fingerprint density at radius 1 is 0.920 bits per heavy atom. The summed E-state index contributed by atoms with van der Waals surface area (Å²) in [5, 5.41) is 23.7. The lowest BCUT2D eigenvalue weighted by molar-refractivity contribution is 0.477. The number of phenolic OH excluding ortho intramolecular Hbond substituents is 1. The Kier molecular flexibility index (Phi) is 4.50. The molecule has 0 aliphatic rings. The van der Waals surface area contributed by atoms with Gasteiger partial charge in [0.1, 0.15) is 11.4 Å². The summed E-state index contributed by atoms with van der Waals surface area (Å²) in [5.41, 5.74) is 11.1. The van der Waals surface area contributed by atoms with E-state index in [0.717, 1.165) is 11.1 Å². The van der Waals surface area contributed by atoms with Crippen LogP contribution in [0.4, 0.5) is 22.7 Å². The van der Waals surface area contributed by atoms with Gasteiger partial charge in [0.25, 0.3) is 0 Å². The van der Waals surface area contributed by atoms with Gasteiger partial charge in [-0.1, -0.05) is 23.3 Å². The molecule has 7 nitrogen and oxygen atoms in total. The first kappa shape index (κ1) is 16.3. The van der Waals surface area contributed by atoms with Crippen LogP contribution in [0.5, 0.6) is 5.75 Å². The topological polar surface area (TPSA) is 97.0 Å². The van der Waals surface area contributed by atoms with Gasteiger partial charge in [0.05, 0.1) is 5.69 Å². The molecular formula is C18H16N6O. The standard InChI is InChI=1S/C18H16N6O/c1-24(2)15-8-6-13(7-9-15)20-22-18-16-11-14(21-23-19)5-3-12(16)4-10-17(18)25/h3-11,25H,1-2H3. The highest BCUT2D eigenvalue weighted by molar-refractivity contribution is 5.96. The van der Waals surface area contributed by atoms with Gasteiger partial charge < -0.3 is 10.0 Å². The smallest absolute Gasteiger partial charge is 0.143 e. The molecule has 124 valence electrons. The lowest BCUT2D eigenvalue weighted by Gasteiger charge is -2.11. The highest BCUT2D eigenvalue weighted by atomic mass is 16.3. The van der Waals surface area contributed by atoms with Crippen molar-refractivity contribution in [1.82, 2.24) is 0 Å². The SMILES string of the molecule is CN(C)c1ccc(N=Nc2c(O)ccc3ccc(N=[N+]=[N-])cc23)cc1. The maximum atomic E-state index is 10.2. The molecule has 0 radical (unpaired) electrons. The summed E-state index contributed by atoms with van der Waals surface area (Å²) >= 11 is 0. The van der Waals surface area contributed by atoms with Crippen LogP contribution in [0.1, 0.15) is 0 Å². The monoisotopic (exact) mass is 332 g/mol. The molecule has 0 bridgehead atoms. The Hall–Kier alpha value is -3.57. The third kappa shape index (κ3) is 3.52. The van der Waals surface area contributed by atoms with Crippen LogP contribution in [0.2, 0.25) is 0 Å². The van der Waals surface area contributed by atoms with E-state index in [0.29, 0.717) is 22.4 Å². The first-order chi connectivity index (χ1) is 12.1. The summed E-state index contributed by atoms with van der Waals surface area (Å²) in [6, 6.07) is 16.1. The van der Waals surface area contributed by atoms with Crippen molar-refractivity contribution in [2.45, 2.75) is 0 Å². The van der Waals surface area contributed by atoms with Crippen molar-refractivity contribution >= 4 is 33.5 Å². The molecule has 0 fully saturated rings. The Bertz CT molecular complexity index is 988. The first-order valence-corrected chi connectivity index (χ1v) is 7.58. The molecule has 3 aromatic rings. The summed E-state index contributed by atoms with van der Waals surface area (Å²) in [4.78, 5) is 4.78. The molecule has 0 heterocycles. The van der Waals surface area contributed by atoms with Crippen molar-refractivity contribution in [1.29, 1.82) is 0 Å². The summed E-state index contributed by atoms with van der Waals surface area (Å²) in [7, 11) is 3.93. The molecule has 3 aromatic carbocycles. The number of hydrogen-bond donors (Lipinski definition) is 1. The van der Waals surface area contributed by atoms with Crippen molar-refractivity contribution in [2.75, 3.05) is 19.0 Å². The molecule has 25 heavy (non-hydrogen) atoms. The zero-order valence-corrected chi connectivity index (χ0v) is 13.8. The van der Waals surface area contributed by atoms with E-state index < -0.39 is 0 Å². The van der Waals surface area contributed by atoms with Crippen molar-refractivity contribution in [3.63, 3.8) is 0 Å². The largest absolute Gasteiger partial charge is 0.506 e. The molecule has 0 aromatic heterocycles. The molecule has 0 unspecified atom stereocenters. The molecule has 0 saturated carbocycles. The molecule has 7 heteroatoms. The van der Waals surface area contributed by atoms with Gasteiger partial charge >= 0.3 is 0 Å². The van der Waals surface area contributed by atoms with E-state index in [9.17, 15) is 5.11 Å². The Labute approximate surface area is 144 Å². The highest BCUT2D eigenvalue weighted by Gasteiger charge is 2.07. The van der Waals surface area contributed by atoms with Crippen LogP contribution in [0.15, 0.2) is 69.9 Å². The van der Waals surface area contributed by atoms with Gasteiger partial charge in [0.15, 0.2) is 0 Å². The minimum atomic E-state index is 0.0132. The Morgan fingerprint density at radius 2 is 1.60 bits per heavy atom. The molecule has 3 rings (SSSR count). The van der Waals surface area contributed by atoms with Gasteiger partial charge in [0, 0.05) is 35.8 Å². The van der Waals surface area contributed by atoms with E-state index in [2.05, 4.69) is 20.3 Å². The quantitative estimate of drug-likeness (QED) is 0.362. The number of azide groups is 1. The van der Waals surface area contributed by atoms with E-state index in [1.165, 1.54) is 0 Å². The minimum absolute atomic E-state index is 0.0132. The maximum absolute atomic E-state index is 10.2. The summed E-state index contributed by atoms with van der Waals surface area (Å²) in [5.74, 6) is 0.0132. The number of hydrogen-bond acceptors (Lipinski definition) is 5. The van der Waals surface area contributed by atoms with Crippen LogP contribution in [-0.2, 0) is 0 Å². The van der Waals surface area contributed by atoms with Crippen molar-refractivity contribution < 1.29 is 5.11 Å². The van der Waals surface area contributed by atoms with Gasteiger partial charge in [-0.3, -0.25) is 0 Å². The second-order valence-electron chi connectivity index (χ2n) is 5.64. The number of nitrogens with zero attached hydrogens (tertiary/aromatic N) is 6. The average molecular weight is 332 g/mol. The molecule has 0 aliphatic carbocycles. The van der Waals surface area contributed by atoms with Gasteiger partial charge in [-0.25, -0.2) is 0 Å². The number of phenols is 1. The van der Waals surface area contributed by atoms with Gasteiger partial charge in [-0.2, -0.15) is 5.11 Å². The number of anilines is 1. The van der Waals surface area contributed by atoms with Gasteiger partial charge in [-0.15, -0.1) is 5.11 Å². The van der Waals surface area contributed by atoms with Crippen molar-refractivity contribution in [3.05, 3.63) is 65.0 Å². The molecule has 0 spiro atoms. The van der Waals surface area contributed by atoms with Crippen LogP contribution < -0.4 is 4.90 Å². The first-order valence-electron chi connectivity index (χ1n) is 7.58. The van der Waals surface area contributed by atoms with Crippen LogP contribution in [-0.4, -0.2) is 19.2 Å². The Balaban J connectivity index is 2.03.